The Hall–Kier alpha value is -1.88. The van der Waals surface area contributed by atoms with Gasteiger partial charge in [-0.2, -0.15) is 0 Å². The highest BCUT2D eigenvalue weighted by atomic mass is 79.9. The van der Waals surface area contributed by atoms with Gasteiger partial charge in [0.15, 0.2) is 0 Å². The van der Waals surface area contributed by atoms with E-state index in [1.807, 2.05) is 34.9 Å². The first-order valence-electron chi connectivity index (χ1n) is 6.79. The Labute approximate surface area is 130 Å². The summed E-state index contributed by atoms with van der Waals surface area (Å²) in [6, 6.07) is 9.40. The van der Waals surface area contributed by atoms with Crippen molar-refractivity contribution in [2.45, 2.75) is 26.0 Å². The van der Waals surface area contributed by atoms with E-state index >= 15 is 0 Å². The number of aryl methyl sites for hydroxylation is 1. The van der Waals surface area contributed by atoms with E-state index in [-0.39, 0.29) is 17.6 Å². The molecular weight excluding hydrogens is 334 g/mol. The van der Waals surface area contributed by atoms with E-state index in [0.29, 0.717) is 4.47 Å². The average Bonchev–Trinajstić information content (AvgIpc) is 2.98. The number of rotatable bonds is 3. The number of carbonyl (C=O) groups is 1. The molecule has 0 N–H and O–H groups in total. The fourth-order valence-electron chi connectivity index (χ4n) is 2.48. The van der Waals surface area contributed by atoms with Gasteiger partial charge in [-0.1, -0.05) is 30.3 Å². The summed E-state index contributed by atoms with van der Waals surface area (Å²) in [6.07, 6.45) is 3.46. The summed E-state index contributed by atoms with van der Waals surface area (Å²) in [4.78, 5) is 24.4. The Morgan fingerprint density at radius 2 is 2.05 bits per heavy atom. The molecule has 4 nitrogen and oxygen atoms in total. The number of ether oxygens (including phenoxy) is 1. The van der Waals surface area contributed by atoms with Crippen molar-refractivity contribution in [1.29, 1.82) is 0 Å². The Bertz CT molecular complexity index is 737. The van der Waals surface area contributed by atoms with Crippen LogP contribution < -0.4 is 5.43 Å². The molecule has 0 saturated carbocycles. The molecule has 108 valence electrons. The van der Waals surface area contributed by atoms with Crippen LogP contribution >= 0.6 is 15.9 Å². The van der Waals surface area contributed by atoms with E-state index in [2.05, 4.69) is 15.9 Å². The monoisotopic (exact) mass is 347 g/mol. The van der Waals surface area contributed by atoms with Crippen molar-refractivity contribution >= 4 is 21.9 Å². The molecule has 0 radical (unpaired) electrons. The van der Waals surface area contributed by atoms with Gasteiger partial charge in [-0.25, -0.2) is 4.79 Å². The molecule has 2 heterocycles. The molecule has 0 saturated heterocycles. The molecule has 1 aromatic carbocycles. The lowest BCUT2D eigenvalue weighted by Gasteiger charge is -2.09. The zero-order chi connectivity index (χ0) is 14.8. The summed E-state index contributed by atoms with van der Waals surface area (Å²) in [6.45, 7) is 0.992. The largest absolute Gasteiger partial charge is 0.457 e. The summed E-state index contributed by atoms with van der Waals surface area (Å²) in [5, 5.41) is 0. The predicted molar refractivity (Wildman–Crippen MR) is 82.3 cm³/mol. The Kier molecular flexibility index (Phi) is 3.92. The van der Waals surface area contributed by atoms with Gasteiger partial charge in [0.2, 0.25) is 5.43 Å². The van der Waals surface area contributed by atoms with Crippen LogP contribution in [0.15, 0.2) is 45.8 Å². The van der Waals surface area contributed by atoms with Crippen LogP contribution in [0.3, 0.4) is 0 Å². The lowest BCUT2D eigenvalue weighted by molar-refractivity contribution is 0.0470. The second kappa shape index (κ2) is 5.85. The van der Waals surface area contributed by atoms with Gasteiger partial charge in [0.05, 0.1) is 4.47 Å². The Morgan fingerprint density at radius 3 is 2.81 bits per heavy atom. The summed E-state index contributed by atoms with van der Waals surface area (Å²) in [7, 11) is 0. The summed E-state index contributed by atoms with van der Waals surface area (Å²) in [5.74, 6) is -0.577. The number of pyridine rings is 1. The molecule has 1 aromatic heterocycles. The lowest BCUT2D eigenvalue weighted by atomic mass is 10.2. The van der Waals surface area contributed by atoms with Crippen molar-refractivity contribution in [1.82, 2.24) is 4.57 Å². The molecule has 1 aliphatic rings. The maximum atomic E-state index is 12.2. The molecule has 0 bridgehead atoms. The van der Waals surface area contributed by atoms with Gasteiger partial charge < -0.3 is 9.30 Å². The summed E-state index contributed by atoms with van der Waals surface area (Å²) >= 11 is 3.31. The molecule has 0 atom stereocenters. The SMILES string of the molecule is O=C(OCc1ccccc1)c1cn2c(c(Br)c1=O)CCC2. The molecule has 0 amide bonds. The Morgan fingerprint density at radius 1 is 1.29 bits per heavy atom. The second-order valence-electron chi connectivity index (χ2n) is 4.99. The predicted octanol–water partition coefficient (Wildman–Crippen LogP) is 2.91. The minimum atomic E-state index is -0.577. The molecule has 2 aromatic rings. The highest BCUT2D eigenvalue weighted by molar-refractivity contribution is 9.10. The first-order chi connectivity index (χ1) is 10.2. The maximum Gasteiger partial charge on any atom is 0.344 e. The van der Waals surface area contributed by atoms with Crippen molar-refractivity contribution in [3.8, 4) is 0 Å². The number of nitrogens with zero attached hydrogens (tertiary/aromatic N) is 1. The number of benzene rings is 1. The van der Waals surface area contributed by atoms with Crippen molar-refractivity contribution in [3.05, 3.63) is 68.0 Å². The van der Waals surface area contributed by atoms with Crippen molar-refractivity contribution < 1.29 is 9.53 Å². The van der Waals surface area contributed by atoms with Crippen molar-refractivity contribution in [2.75, 3.05) is 0 Å². The van der Waals surface area contributed by atoms with Gasteiger partial charge in [0, 0.05) is 18.4 Å². The second-order valence-corrected chi connectivity index (χ2v) is 5.78. The number of fused-ring (bicyclic) bond motifs is 1. The van der Waals surface area contributed by atoms with Gasteiger partial charge >= 0.3 is 5.97 Å². The first-order valence-corrected chi connectivity index (χ1v) is 7.59. The van der Waals surface area contributed by atoms with Crippen LogP contribution in [0.2, 0.25) is 0 Å². The fraction of sp³-hybridized carbons (Fsp3) is 0.250. The van der Waals surface area contributed by atoms with Crippen LogP contribution in [0.5, 0.6) is 0 Å². The zero-order valence-corrected chi connectivity index (χ0v) is 12.9. The van der Waals surface area contributed by atoms with E-state index in [9.17, 15) is 9.59 Å². The molecule has 0 fully saturated rings. The normalized spacial score (nSPS) is 13.0. The zero-order valence-electron chi connectivity index (χ0n) is 11.3. The molecule has 21 heavy (non-hydrogen) atoms. The highest BCUT2D eigenvalue weighted by Gasteiger charge is 2.22. The molecule has 3 rings (SSSR count). The van der Waals surface area contributed by atoms with E-state index in [1.165, 1.54) is 0 Å². The minimum Gasteiger partial charge on any atom is -0.457 e. The Balaban J connectivity index is 1.82. The van der Waals surface area contributed by atoms with Crippen LogP contribution in [0.4, 0.5) is 0 Å². The number of aromatic nitrogens is 1. The lowest BCUT2D eigenvalue weighted by Crippen LogP contribution is -2.21. The maximum absolute atomic E-state index is 12.2. The third-order valence-corrected chi connectivity index (χ3v) is 4.39. The number of esters is 1. The fourth-order valence-corrected chi connectivity index (χ4v) is 3.12. The van der Waals surface area contributed by atoms with Gasteiger partial charge in [0.1, 0.15) is 12.2 Å². The number of halogens is 1. The van der Waals surface area contributed by atoms with Crippen molar-refractivity contribution in [3.63, 3.8) is 0 Å². The average molecular weight is 348 g/mol. The van der Waals surface area contributed by atoms with Gasteiger partial charge in [-0.15, -0.1) is 0 Å². The van der Waals surface area contributed by atoms with Crippen LogP contribution in [-0.2, 0) is 24.3 Å². The third kappa shape index (κ3) is 2.78. The number of carbonyl (C=O) groups excluding carboxylic acids is 1. The molecule has 0 aliphatic carbocycles. The number of hydrogen-bond donors (Lipinski definition) is 0. The smallest absolute Gasteiger partial charge is 0.344 e. The number of hydrogen-bond acceptors (Lipinski definition) is 3. The first kappa shape index (κ1) is 14.1. The van der Waals surface area contributed by atoms with E-state index in [4.69, 9.17) is 4.74 Å². The van der Waals surface area contributed by atoms with Crippen LogP contribution in [-0.4, -0.2) is 10.5 Å². The standard InChI is InChI=1S/C16H14BrNO3/c17-14-13-7-4-8-18(13)9-12(15(14)19)16(20)21-10-11-5-2-1-3-6-11/h1-3,5-6,9H,4,7-8,10H2. The molecule has 1 aliphatic heterocycles. The summed E-state index contributed by atoms with van der Waals surface area (Å²) in [5.41, 5.74) is 1.65. The molecule has 0 unspecified atom stereocenters. The molecule has 5 heteroatoms. The summed E-state index contributed by atoms with van der Waals surface area (Å²) < 4.78 is 7.67. The van der Waals surface area contributed by atoms with E-state index < -0.39 is 5.97 Å². The molecular formula is C16H14BrNO3. The van der Waals surface area contributed by atoms with Crippen LogP contribution in [0.1, 0.15) is 28.0 Å². The van der Waals surface area contributed by atoms with Gasteiger partial charge in [-0.05, 0) is 34.3 Å². The topological polar surface area (TPSA) is 48.3 Å². The van der Waals surface area contributed by atoms with Gasteiger partial charge in [0.25, 0.3) is 0 Å². The third-order valence-electron chi connectivity index (χ3n) is 3.57. The van der Waals surface area contributed by atoms with E-state index in [0.717, 1.165) is 30.6 Å². The molecule has 0 spiro atoms. The highest BCUT2D eigenvalue weighted by Crippen LogP contribution is 2.21. The van der Waals surface area contributed by atoms with Crippen molar-refractivity contribution in [2.24, 2.45) is 0 Å². The quantitative estimate of drug-likeness (QED) is 0.802. The van der Waals surface area contributed by atoms with Crippen LogP contribution in [0.25, 0.3) is 0 Å². The van der Waals surface area contributed by atoms with Gasteiger partial charge in [-0.3, -0.25) is 4.79 Å². The van der Waals surface area contributed by atoms with E-state index in [1.54, 1.807) is 6.20 Å². The van der Waals surface area contributed by atoms with Crippen LogP contribution in [0, 0.1) is 0 Å². The minimum absolute atomic E-state index is 0.0865.